The van der Waals surface area contributed by atoms with Crippen molar-refractivity contribution < 1.29 is 14.1 Å². The average molecular weight is 357 g/mol. The Bertz CT molecular complexity index is 812. The van der Waals surface area contributed by atoms with Gasteiger partial charge in [0.25, 0.3) is 5.91 Å². The van der Waals surface area contributed by atoms with E-state index in [1.807, 2.05) is 37.4 Å². The van der Waals surface area contributed by atoms with E-state index in [-0.39, 0.29) is 24.2 Å². The summed E-state index contributed by atoms with van der Waals surface area (Å²) in [5.41, 5.74) is 1.17. The smallest absolute Gasteiger partial charge is 0.273 e. The highest BCUT2D eigenvalue weighted by Gasteiger charge is 2.15. The molecule has 0 aliphatic carbocycles. The Morgan fingerprint density at radius 2 is 2.28 bits per heavy atom. The van der Waals surface area contributed by atoms with E-state index in [0.29, 0.717) is 11.5 Å². The fraction of sp³-hybridized carbons (Fsp3) is 0.278. The number of thiophene rings is 1. The van der Waals surface area contributed by atoms with Gasteiger partial charge in [-0.15, -0.1) is 11.3 Å². The van der Waals surface area contributed by atoms with Crippen molar-refractivity contribution in [3.63, 3.8) is 0 Å². The molecule has 0 unspecified atom stereocenters. The van der Waals surface area contributed by atoms with Gasteiger partial charge in [0.1, 0.15) is 12.4 Å². The number of nitrogens with one attached hydrogen (secondary N) is 1. The highest BCUT2D eigenvalue weighted by molar-refractivity contribution is 7.09. The van der Waals surface area contributed by atoms with Crippen molar-refractivity contribution in [3.8, 4) is 5.75 Å². The zero-order chi connectivity index (χ0) is 17.6. The molecule has 3 heterocycles. The van der Waals surface area contributed by atoms with Gasteiger partial charge in [-0.1, -0.05) is 11.2 Å². The second-order valence-corrected chi connectivity index (χ2v) is 6.79. The summed E-state index contributed by atoms with van der Waals surface area (Å²) in [6, 6.07) is 9.36. The minimum Gasteiger partial charge on any atom is -0.484 e. The van der Waals surface area contributed by atoms with E-state index in [0.717, 1.165) is 12.1 Å². The molecule has 1 amide bonds. The van der Waals surface area contributed by atoms with Gasteiger partial charge in [0, 0.05) is 29.1 Å². The molecule has 3 aromatic heterocycles. The van der Waals surface area contributed by atoms with Crippen LogP contribution < -0.4 is 10.1 Å². The van der Waals surface area contributed by atoms with Gasteiger partial charge in [-0.2, -0.15) is 0 Å². The lowest BCUT2D eigenvalue weighted by Crippen LogP contribution is -2.34. The van der Waals surface area contributed by atoms with Crippen LogP contribution in [-0.2, 0) is 13.0 Å². The van der Waals surface area contributed by atoms with Crippen molar-refractivity contribution >= 4 is 17.2 Å². The third-order valence-electron chi connectivity index (χ3n) is 3.52. The van der Waals surface area contributed by atoms with Crippen molar-refractivity contribution in [1.82, 2.24) is 15.5 Å². The number of rotatable bonds is 7. The molecule has 1 N–H and O–H groups in total. The number of carbonyl (C=O) groups is 1. The van der Waals surface area contributed by atoms with Gasteiger partial charge < -0.3 is 14.6 Å². The molecule has 3 aromatic rings. The number of hydrogen-bond donors (Lipinski definition) is 1. The predicted octanol–water partition coefficient (Wildman–Crippen LogP) is 3.38. The minimum absolute atomic E-state index is 0.0150. The van der Waals surface area contributed by atoms with E-state index in [4.69, 9.17) is 9.26 Å². The van der Waals surface area contributed by atoms with Crippen molar-refractivity contribution in [2.75, 3.05) is 0 Å². The first kappa shape index (κ1) is 17.2. The van der Waals surface area contributed by atoms with Gasteiger partial charge in [0.05, 0.1) is 6.20 Å². The van der Waals surface area contributed by atoms with Crippen LogP contribution in [0.1, 0.15) is 33.7 Å². The first-order valence-corrected chi connectivity index (χ1v) is 8.82. The quantitative estimate of drug-likeness (QED) is 0.701. The Hall–Kier alpha value is -2.67. The molecule has 0 aliphatic heterocycles. The van der Waals surface area contributed by atoms with Crippen LogP contribution in [0, 0.1) is 6.92 Å². The zero-order valence-corrected chi connectivity index (χ0v) is 14.9. The molecule has 0 spiro atoms. The van der Waals surface area contributed by atoms with Crippen molar-refractivity contribution in [2.24, 2.45) is 0 Å². The normalized spacial score (nSPS) is 11.9. The lowest BCUT2D eigenvalue weighted by molar-refractivity contribution is 0.0930. The summed E-state index contributed by atoms with van der Waals surface area (Å²) < 4.78 is 10.7. The van der Waals surface area contributed by atoms with E-state index in [1.54, 1.807) is 23.6 Å². The van der Waals surface area contributed by atoms with Crippen molar-refractivity contribution in [3.05, 3.63) is 63.9 Å². The number of carbonyl (C=O) groups excluding carboxylic acids is 1. The van der Waals surface area contributed by atoms with E-state index >= 15 is 0 Å². The number of nitrogens with zero attached hydrogens (tertiary/aromatic N) is 2. The first-order chi connectivity index (χ1) is 12.1. The monoisotopic (exact) mass is 357 g/mol. The van der Waals surface area contributed by atoms with Gasteiger partial charge in [-0.25, -0.2) is 0 Å². The number of aryl methyl sites for hydroxylation is 1. The summed E-state index contributed by atoms with van der Waals surface area (Å²) in [4.78, 5) is 17.6. The highest BCUT2D eigenvalue weighted by atomic mass is 32.1. The number of hydrogen-bond acceptors (Lipinski definition) is 6. The molecule has 0 saturated heterocycles. The molecule has 3 rings (SSSR count). The number of aromatic nitrogens is 2. The van der Waals surface area contributed by atoms with E-state index in [2.05, 4.69) is 21.5 Å². The molecule has 0 bridgehead atoms. The molecule has 25 heavy (non-hydrogen) atoms. The lowest BCUT2D eigenvalue weighted by Gasteiger charge is -2.11. The Labute approximate surface area is 149 Å². The summed E-state index contributed by atoms with van der Waals surface area (Å²) in [7, 11) is 0. The summed E-state index contributed by atoms with van der Waals surface area (Å²) >= 11 is 1.68. The largest absolute Gasteiger partial charge is 0.484 e. The van der Waals surface area contributed by atoms with Crippen LogP contribution in [0.2, 0.25) is 0 Å². The van der Waals surface area contributed by atoms with E-state index < -0.39 is 0 Å². The fourth-order valence-corrected chi connectivity index (χ4v) is 3.10. The topological polar surface area (TPSA) is 77.2 Å². The van der Waals surface area contributed by atoms with Crippen LogP contribution in [-0.4, -0.2) is 22.1 Å². The Morgan fingerprint density at radius 1 is 1.40 bits per heavy atom. The van der Waals surface area contributed by atoms with Gasteiger partial charge in [0.2, 0.25) is 0 Å². The SMILES string of the molecule is Cc1ccc(OCc2cc(C(=O)N[C@H](C)Cc3cccs3)no2)cn1. The van der Waals surface area contributed by atoms with Crippen LogP contribution in [0.5, 0.6) is 5.75 Å². The Morgan fingerprint density at radius 3 is 3.00 bits per heavy atom. The van der Waals surface area contributed by atoms with Gasteiger partial charge in [0.15, 0.2) is 11.5 Å². The van der Waals surface area contributed by atoms with Crippen molar-refractivity contribution in [2.45, 2.75) is 32.9 Å². The van der Waals surface area contributed by atoms with Crippen molar-refractivity contribution in [1.29, 1.82) is 0 Å². The summed E-state index contributed by atoms with van der Waals surface area (Å²) in [6.07, 6.45) is 2.43. The van der Waals surface area contributed by atoms with Crippen LogP contribution in [0.3, 0.4) is 0 Å². The molecular formula is C18H19N3O3S. The third kappa shape index (κ3) is 4.90. The molecule has 1 atom stereocenters. The molecule has 130 valence electrons. The second kappa shape index (κ2) is 7.94. The molecule has 0 aliphatic rings. The second-order valence-electron chi connectivity index (χ2n) is 5.76. The van der Waals surface area contributed by atoms with Crippen LogP contribution in [0.25, 0.3) is 0 Å². The van der Waals surface area contributed by atoms with E-state index in [1.165, 1.54) is 4.88 Å². The zero-order valence-electron chi connectivity index (χ0n) is 14.1. The number of amides is 1. The van der Waals surface area contributed by atoms with Crippen LogP contribution >= 0.6 is 11.3 Å². The summed E-state index contributed by atoms with van der Waals surface area (Å²) in [6.45, 7) is 4.06. The third-order valence-corrected chi connectivity index (χ3v) is 4.42. The number of ether oxygens (including phenoxy) is 1. The fourth-order valence-electron chi connectivity index (χ4n) is 2.26. The predicted molar refractivity (Wildman–Crippen MR) is 94.8 cm³/mol. The average Bonchev–Trinajstić information content (AvgIpc) is 3.26. The Kier molecular flexibility index (Phi) is 5.45. The molecule has 0 fully saturated rings. The summed E-state index contributed by atoms with van der Waals surface area (Å²) in [5.74, 6) is 0.866. The molecule has 6 nitrogen and oxygen atoms in total. The first-order valence-electron chi connectivity index (χ1n) is 7.94. The minimum atomic E-state index is -0.254. The standard InChI is InChI=1S/C18H19N3O3S/c1-12-5-6-14(10-19-12)23-11-15-9-17(21-24-15)18(22)20-13(2)8-16-4-3-7-25-16/h3-7,9-10,13H,8,11H2,1-2H3,(H,20,22)/t13-/m1/s1. The van der Waals surface area contributed by atoms with Gasteiger partial charge >= 0.3 is 0 Å². The molecular weight excluding hydrogens is 338 g/mol. The molecule has 0 saturated carbocycles. The Balaban J connectivity index is 1.51. The molecule has 0 aromatic carbocycles. The maximum absolute atomic E-state index is 12.2. The molecule has 7 heteroatoms. The maximum Gasteiger partial charge on any atom is 0.273 e. The van der Waals surface area contributed by atoms with Gasteiger partial charge in [-0.05, 0) is 37.4 Å². The summed E-state index contributed by atoms with van der Waals surface area (Å²) in [5, 5.41) is 8.76. The van der Waals surface area contributed by atoms with Crippen LogP contribution in [0.4, 0.5) is 0 Å². The van der Waals surface area contributed by atoms with Gasteiger partial charge in [-0.3, -0.25) is 9.78 Å². The van der Waals surface area contributed by atoms with E-state index in [9.17, 15) is 4.79 Å². The maximum atomic E-state index is 12.2. The lowest BCUT2D eigenvalue weighted by atomic mass is 10.2. The number of pyridine rings is 1. The van der Waals surface area contributed by atoms with Crippen LogP contribution in [0.15, 0.2) is 46.4 Å². The molecule has 0 radical (unpaired) electrons. The highest BCUT2D eigenvalue weighted by Crippen LogP contribution is 2.13.